The molecule has 4 nitrogen and oxygen atoms in total. The first-order valence-electron chi connectivity index (χ1n) is 8.87. The minimum Gasteiger partial charge on any atom is -0.490 e. The highest BCUT2D eigenvalue weighted by Gasteiger charge is 2.26. The zero-order valence-electron chi connectivity index (χ0n) is 14.3. The molecule has 0 aromatic heterocycles. The van der Waals surface area contributed by atoms with Crippen molar-refractivity contribution < 1.29 is 9.53 Å². The quantitative estimate of drug-likeness (QED) is 0.929. The minimum atomic E-state index is 0.226. The van der Waals surface area contributed by atoms with Crippen molar-refractivity contribution in [2.24, 2.45) is 0 Å². The van der Waals surface area contributed by atoms with Gasteiger partial charge in [0.1, 0.15) is 11.9 Å². The van der Waals surface area contributed by atoms with Crippen LogP contribution in [0, 0.1) is 13.8 Å². The number of benzene rings is 1. The molecule has 1 atom stereocenters. The molecule has 1 N–H and O–H groups in total. The van der Waals surface area contributed by atoms with Crippen LogP contribution in [0.1, 0.15) is 43.2 Å². The second-order valence-corrected chi connectivity index (χ2v) is 6.96. The summed E-state index contributed by atoms with van der Waals surface area (Å²) in [6, 6.07) is 6.73. The van der Waals surface area contributed by atoms with Crippen LogP contribution in [0.4, 0.5) is 0 Å². The number of hydrogen-bond acceptors (Lipinski definition) is 3. The average molecular weight is 316 g/mol. The Hall–Kier alpha value is -1.55. The van der Waals surface area contributed by atoms with Gasteiger partial charge in [-0.2, -0.15) is 0 Å². The second kappa shape index (κ2) is 7.35. The molecule has 2 aliphatic heterocycles. The lowest BCUT2D eigenvalue weighted by molar-refractivity contribution is -0.133. The molecule has 126 valence electrons. The summed E-state index contributed by atoms with van der Waals surface area (Å²) in [5.74, 6) is 1.29. The van der Waals surface area contributed by atoms with E-state index in [0.717, 1.165) is 44.6 Å². The number of amides is 1. The predicted molar refractivity (Wildman–Crippen MR) is 91.8 cm³/mol. The van der Waals surface area contributed by atoms with E-state index < -0.39 is 0 Å². The summed E-state index contributed by atoms with van der Waals surface area (Å²) in [6.45, 7) is 6.87. The van der Waals surface area contributed by atoms with Crippen molar-refractivity contribution in [2.45, 2.75) is 58.1 Å². The Balaban J connectivity index is 1.48. The Kier molecular flexibility index (Phi) is 5.21. The van der Waals surface area contributed by atoms with Crippen molar-refractivity contribution in [1.29, 1.82) is 0 Å². The molecule has 0 saturated carbocycles. The number of nitrogens with zero attached hydrogens (tertiary/aromatic N) is 1. The summed E-state index contributed by atoms with van der Waals surface area (Å²) in [5, 5.41) is 3.41. The summed E-state index contributed by atoms with van der Waals surface area (Å²) in [5.41, 5.74) is 2.41. The molecule has 0 radical (unpaired) electrons. The van der Waals surface area contributed by atoms with E-state index in [1.807, 2.05) is 4.90 Å². The van der Waals surface area contributed by atoms with E-state index in [4.69, 9.17) is 4.74 Å². The van der Waals surface area contributed by atoms with Gasteiger partial charge in [-0.15, -0.1) is 0 Å². The molecular formula is C19H28N2O2. The average Bonchev–Trinajstić information content (AvgIpc) is 3.04. The van der Waals surface area contributed by atoms with Gasteiger partial charge >= 0.3 is 0 Å². The third-order valence-electron chi connectivity index (χ3n) is 5.02. The van der Waals surface area contributed by atoms with Gasteiger partial charge in [-0.1, -0.05) is 12.1 Å². The minimum absolute atomic E-state index is 0.226. The first-order chi connectivity index (χ1) is 11.1. The Morgan fingerprint density at radius 1 is 1.26 bits per heavy atom. The maximum absolute atomic E-state index is 12.4. The number of carbonyl (C=O) groups excluding carboxylic acids is 1. The molecule has 23 heavy (non-hydrogen) atoms. The van der Waals surface area contributed by atoms with Crippen molar-refractivity contribution in [1.82, 2.24) is 10.2 Å². The highest BCUT2D eigenvalue weighted by Crippen LogP contribution is 2.24. The number of carbonyl (C=O) groups is 1. The van der Waals surface area contributed by atoms with Gasteiger partial charge in [0.2, 0.25) is 5.91 Å². The van der Waals surface area contributed by atoms with Crippen LogP contribution in [0.25, 0.3) is 0 Å². The Morgan fingerprint density at radius 2 is 2.04 bits per heavy atom. The first kappa shape index (κ1) is 16.3. The van der Waals surface area contributed by atoms with Gasteiger partial charge in [-0.3, -0.25) is 4.79 Å². The fourth-order valence-corrected chi connectivity index (χ4v) is 3.51. The number of ether oxygens (including phenoxy) is 1. The lowest BCUT2D eigenvalue weighted by Crippen LogP contribution is -2.43. The Bertz CT molecular complexity index is 544. The molecule has 0 bridgehead atoms. The van der Waals surface area contributed by atoms with Crippen LogP contribution >= 0.6 is 0 Å². The first-order valence-corrected chi connectivity index (χ1v) is 8.87. The molecular weight excluding hydrogens is 288 g/mol. The van der Waals surface area contributed by atoms with Crippen LogP contribution in [0.3, 0.4) is 0 Å². The maximum Gasteiger partial charge on any atom is 0.224 e. The molecule has 2 fully saturated rings. The molecule has 0 aliphatic carbocycles. The van der Waals surface area contributed by atoms with Crippen LogP contribution in [0.2, 0.25) is 0 Å². The van der Waals surface area contributed by atoms with Gasteiger partial charge in [-0.05, 0) is 50.4 Å². The standard InChI is InChI=1S/C19H28N2O2/c1-14-5-6-15(2)18(12-14)23-17-7-10-21(11-8-17)19(22)13-16-4-3-9-20-16/h5-6,12,16-17,20H,3-4,7-11,13H2,1-2H3. The van der Waals surface area contributed by atoms with Crippen LogP contribution in [-0.4, -0.2) is 42.6 Å². The molecule has 1 aromatic rings. The van der Waals surface area contributed by atoms with Crippen molar-refractivity contribution >= 4 is 5.91 Å². The lowest BCUT2D eigenvalue weighted by atomic mass is 10.1. The van der Waals surface area contributed by atoms with Crippen molar-refractivity contribution in [3.63, 3.8) is 0 Å². The van der Waals surface area contributed by atoms with E-state index in [1.54, 1.807) is 0 Å². The molecule has 1 aromatic carbocycles. The highest BCUT2D eigenvalue weighted by molar-refractivity contribution is 5.77. The summed E-state index contributed by atoms with van der Waals surface area (Å²) in [7, 11) is 0. The topological polar surface area (TPSA) is 41.6 Å². The van der Waals surface area contributed by atoms with E-state index in [-0.39, 0.29) is 6.10 Å². The smallest absolute Gasteiger partial charge is 0.224 e. The van der Waals surface area contributed by atoms with E-state index in [0.29, 0.717) is 18.4 Å². The van der Waals surface area contributed by atoms with Gasteiger partial charge in [0, 0.05) is 38.4 Å². The van der Waals surface area contributed by atoms with Crippen molar-refractivity contribution in [3.8, 4) is 5.75 Å². The third-order valence-corrected chi connectivity index (χ3v) is 5.02. The fourth-order valence-electron chi connectivity index (χ4n) is 3.51. The fraction of sp³-hybridized carbons (Fsp3) is 0.632. The van der Waals surface area contributed by atoms with Crippen molar-refractivity contribution in [2.75, 3.05) is 19.6 Å². The maximum atomic E-state index is 12.4. The van der Waals surface area contributed by atoms with E-state index in [2.05, 4.69) is 37.4 Å². The molecule has 3 rings (SSSR count). The Morgan fingerprint density at radius 3 is 2.74 bits per heavy atom. The third kappa shape index (κ3) is 4.25. The molecule has 1 amide bonds. The van der Waals surface area contributed by atoms with Gasteiger partial charge in [0.05, 0.1) is 0 Å². The molecule has 2 heterocycles. The van der Waals surface area contributed by atoms with E-state index in [9.17, 15) is 4.79 Å². The number of hydrogen-bond donors (Lipinski definition) is 1. The predicted octanol–water partition coefficient (Wildman–Crippen LogP) is 2.82. The largest absolute Gasteiger partial charge is 0.490 e. The van der Waals surface area contributed by atoms with E-state index >= 15 is 0 Å². The highest BCUT2D eigenvalue weighted by atomic mass is 16.5. The number of nitrogens with one attached hydrogen (secondary N) is 1. The second-order valence-electron chi connectivity index (χ2n) is 6.96. The van der Waals surface area contributed by atoms with Crippen LogP contribution in [0.5, 0.6) is 5.75 Å². The Labute approximate surface area is 139 Å². The number of piperidine rings is 1. The van der Waals surface area contributed by atoms with Gasteiger partial charge in [0.15, 0.2) is 0 Å². The molecule has 0 spiro atoms. The van der Waals surface area contributed by atoms with Gasteiger partial charge < -0.3 is 15.0 Å². The van der Waals surface area contributed by atoms with E-state index in [1.165, 1.54) is 17.5 Å². The van der Waals surface area contributed by atoms with Crippen LogP contribution < -0.4 is 10.1 Å². The lowest BCUT2D eigenvalue weighted by Gasteiger charge is -2.33. The van der Waals surface area contributed by atoms with Gasteiger partial charge in [-0.25, -0.2) is 0 Å². The van der Waals surface area contributed by atoms with Crippen LogP contribution in [0.15, 0.2) is 18.2 Å². The summed E-state index contributed by atoms with van der Waals surface area (Å²) in [6.07, 6.45) is 5.07. The van der Waals surface area contributed by atoms with Gasteiger partial charge in [0.25, 0.3) is 0 Å². The monoisotopic (exact) mass is 316 g/mol. The summed E-state index contributed by atoms with van der Waals surface area (Å²) >= 11 is 0. The molecule has 1 unspecified atom stereocenters. The van der Waals surface area contributed by atoms with Crippen molar-refractivity contribution in [3.05, 3.63) is 29.3 Å². The molecule has 4 heteroatoms. The zero-order valence-corrected chi connectivity index (χ0v) is 14.3. The number of aryl methyl sites for hydroxylation is 2. The summed E-state index contributed by atoms with van der Waals surface area (Å²) in [4.78, 5) is 14.4. The number of likely N-dealkylation sites (tertiary alicyclic amines) is 1. The van der Waals surface area contributed by atoms with Crippen LogP contribution in [-0.2, 0) is 4.79 Å². The number of rotatable bonds is 4. The summed E-state index contributed by atoms with van der Waals surface area (Å²) < 4.78 is 6.18. The SMILES string of the molecule is Cc1ccc(C)c(OC2CCN(C(=O)CC3CCCN3)CC2)c1. The molecule has 2 saturated heterocycles. The normalized spacial score (nSPS) is 22.3. The molecule has 2 aliphatic rings. The zero-order chi connectivity index (χ0) is 16.2.